The summed E-state index contributed by atoms with van der Waals surface area (Å²) in [6.45, 7) is -1.97. The molecule has 0 bridgehead atoms. The van der Waals surface area contributed by atoms with Crippen LogP contribution in [0.4, 0.5) is 0 Å². The largest absolute Gasteiger partial charge is 0.480 e. The highest BCUT2D eigenvalue weighted by Crippen LogP contribution is 1.98. The average molecular weight is 294 g/mol. The molecule has 21 heavy (non-hydrogen) atoms. The van der Waals surface area contributed by atoms with Gasteiger partial charge in [-0.2, -0.15) is 0 Å². The van der Waals surface area contributed by atoms with Crippen molar-refractivity contribution in [1.82, 2.24) is 10.2 Å². The molecule has 0 spiro atoms. The van der Waals surface area contributed by atoms with E-state index in [1.807, 2.05) is 0 Å². The zero-order valence-electron chi connectivity index (χ0n) is 11.0. The summed E-state index contributed by atoms with van der Waals surface area (Å²) in [5, 5.41) is 19.6. The minimum atomic E-state index is -1.33. The minimum Gasteiger partial charge on any atom is -0.480 e. The van der Waals surface area contributed by atoms with E-state index in [0.717, 1.165) is 0 Å². The van der Waals surface area contributed by atoms with E-state index >= 15 is 0 Å². The summed E-state index contributed by atoms with van der Waals surface area (Å²) < 4.78 is 0. The van der Waals surface area contributed by atoms with Crippen LogP contribution in [0.25, 0.3) is 0 Å². The molecule has 0 aromatic heterocycles. The van der Waals surface area contributed by atoms with Crippen LogP contribution in [-0.2, 0) is 14.4 Å². The van der Waals surface area contributed by atoms with Crippen molar-refractivity contribution in [2.45, 2.75) is 0 Å². The third kappa shape index (κ3) is 5.72. The van der Waals surface area contributed by atoms with Crippen molar-refractivity contribution in [2.75, 3.05) is 19.6 Å². The summed E-state index contributed by atoms with van der Waals surface area (Å²) in [6.07, 6.45) is 0. The molecule has 1 aromatic rings. The summed E-state index contributed by atoms with van der Waals surface area (Å²) in [5.74, 6) is -3.96. The van der Waals surface area contributed by atoms with E-state index in [4.69, 9.17) is 10.2 Å². The van der Waals surface area contributed by atoms with Crippen LogP contribution < -0.4 is 5.32 Å². The van der Waals surface area contributed by atoms with Gasteiger partial charge in [-0.05, 0) is 12.1 Å². The van der Waals surface area contributed by atoms with Crippen molar-refractivity contribution in [3.05, 3.63) is 35.9 Å². The first kappa shape index (κ1) is 16.2. The Morgan fingerprint density at radius 1 is 0.952 bits per heavy atom. The normalized spacial score (nSPS) is 9.71. The Kier molecular flexibility index (Phi) is 5.87. The van der Waals surface area contributed by atoms with Crippen molar-refractivity contribution >= 4 is 23.8 Å². The van der Waals surface area contributed by atoms with Gasteiger partial charge in [-0.3, -0.25) is 19.2 Å². The molecule has 8 heteroatoms. The molecule has 3 N–H and O–H groups in total. The van der Waals surface area contributed by atoms with Crippen molar-refractivity contribution in [3.63, 3.8) is 0 Å². The van der Waals surface area contributed by atoms with Gasteiger partial charge >= 0.3 is 11.9 Å². The molecule has 0 saturated heterocycles. The number of hydrogen-bond donors (Lipinski definition) is 3. The van der Waals surface area contributed by atoms with E-state index in [2.05, 4.69) is 5.32 Å². The number of amides is 2. The zero-order chi connectivity index (χ0) is 15.8. The van der Waals surface area contributed by atoms with Crippen molar-refractivity contribution in [3.8, 4) is 0 Å². The maximum absolute atomic E-state index is 11.7. The van der Waals surface area contributed by atoms with E-state index in [-0.39, 0.29) is 0 Å². The van der Waals surface area contributed by atoms with Crippen molar-refractivity contribution in [1.29, 1.82) is 0 Å². The van der Waals surface area contributed by atoms with Crippen LogP contribution >= 0.6 is 0 Å². The van der Waals surface area contributed by atoms with Crippen molar-refractivity contribution < 1.29 is 29.4 Å². The Morgan fingerprint density at radius 3 is 1.95 bits per heavy atom. The van der Waals surface area contributed by atoms with Gasteiger partial charge in [0.2, 0.25) is 5.91 Å². The number of nitrogens with one attached hydrogen (secondary N) is 1. The number of rotatable bonds is 7. The quantitative estimate of drug-likeness (QED) is 0.617. The van der Waals surface area contributed by atoms with Crippen LogP contribution in [0.15, 0.2) is 30.3 Å². The highest BCUT2D eigenvalue weighted by atomic mass is 16.4. The monoisotopic (exact) mass is 294 g/mol. The van der Waals surface area contributed by atoms with Gasteiger partial charge in [0.15, 0.2) is 0 Å². The van der Waals surface area contributed by atoms with Crippen LogP contribution in [-0.4, -0.2) is 58.5 Å². The molecule has 112 valence electrons. The Hall–Kier alpha value is -2.90. The van der Waals surface area contributed by atoms with Crippen LogP contribution in [0.5, 0.6) is 0 Å². The fourth-order valence-corrected chi connectivity index (χ4v) is 1.52. The molecule has 8 nitrogen and oxygen atoms in total. The maximum Gasteiger partial charge on any atom is 0.323 e. The van der Waals surface area contributed by atoms with Gasteiger partial charge in [0, 0.05) is 5.56 Å². The molecule has 1 rings (SSSR count). The number of nitrogens with zero attached hydrogens (tertiary/aromatic N) is 1. The second kappa shape index (κ2) is 7.63. The topological polar surface area (TPSA) is 124 Å². The number of carbonyl (C=O) groups excluding carboxylic acids is 2. The third-order valence-corrected chi connectivity index (χ3v) is 2.44. The fraction of sp³-hybridized carbons (Fsp3) is 0.231. The lowest BCUT2D eigenvalue weighted by Gasteiger charge is -2.18. The van der Waals surface area contributed by atoms with Gasteiger partial charge in [0.05, 0.1) is 6.54 Å². The Morgan fingerprint density at radius 2 is 1.48 bits per heavy atom. The highest BCUT2D eigenvalue weighted by Gasteiger charge is 2.20. The number of carboxylic acid groups (broad SMARTS) is 2. The summed E-state index contributed by atoms with van der Waals surface area (Å²) in [5.41, 5.74) is 0.341. The number of carbonyl (C=O) groups is 4. The maximum atomic E-state index is 11.7. The molecule has 0 heterocycles. The van der Waals surface area contributed by atoms with Gasteiger partial charge in [0.1, 0.15) is 13.1 Å². The van der Waals surface area contributed by atoms with Gasteiger partial charge in [-0.1, -0.05) is 18.2 Å². The van der Waals surface area contributed by atoms with Crippen LogP contribution in [0.2, 0.25) is 0 Å². The predicted octanol–water partition coefficient (Wildman–Crippen LogP) is -0.586. The molecule has 0 saturated carbocycles. The van der Waals surface area contributed by atoms with E-state index in [0.29, 0.717) is 10.5 Å². The summed E-state index contributed by atoms with van der Waals surface area (Å²) in [7, 11) is 0. The molecule has 0 aliphatic rings. The molecule has 1 aromatic carbocycles. The summed E-state index contributed by atoms with van der Waals surface area (Å²) in [4.78, 5) is 45.2. The molecule has 0 aliphatic carbocycles. The van der Waals surface area contributed by atoms with Crippen molar-refractivity contribution in [2.24, 2.45) is 0 Å². The lowest BCUT2D eigenvalue weighted by Crippen LogP contribution is -2.44. The Bertz CT molecular complexity index is 527. The van der Waals surface area contributed by atoms with Gasteiger partial charge in [-0.15, -0.1) is 0 Å². The molecule has 0 aliphatic heterocycles. The minimum absolute atomic E-state index is 0.341. The zero-order valence-corrected chi connectivity index (χ0v) is 11.0. The van der Waals surface area contributed by atoms with Gasteiger partial charge in [0.25, 0.3) is 5.91 Å². The molecule has 0 fully saturated rings. The second-order valence-electron chi connectivity index (χ2n) is 4.09. The van der Waals surface area contributed by atoms with E-state index in [1.54, 1.807) is 30.3 Å². The first-order valence-electron chi connectivity index (χ1n) is 5.94. The summed E-state index contributed by atoms with van der Waals surface area (Å²) in [6, 6.07) is 8.12. The molecular weight excluding hydrogens is 280 g/mol. The fourth-order valence-electron chi connectivity index (χ4n) is 1.52. The van der Waals surface area contributed by atoms with E-state index < -0.39 is 43.4 Å². The summed E-state index contributed by atoms with van der Waals surface area (Å²) >= 11 is 0. The number of carboxylic acids is 2. The lowest BCUT2D eigenvalue weighted by molar-refractivity contribution is -0.148. The van der Waals surface area contributed by atoms with Crippen LogP contribution in [0.1, 0.15) is 10.4 Å². The van der Waals surface area contributed by atoms with Crippen LogP contribution in [0.3, 0.4) is 0 Å². The van der Waals surface area contributed by atoms with Gasteiger partial charge in [-0.25, -0.2) is 0 Å². The van der Waals surface area contributed by atoms with Crippen LogP contribution in [0, 0.1) is 0 Å². The molecule has 0 radical (unpaired) electrons. The first-order chi connectivity index (χ1) is 9.90. The number of hydrogen-bond acceptors (Lipinski definition) is 4. The molecule has 2 amide bonds. The third-order valence-electron chi connectivity index (χ3n) is 2.44. The van der Waals surface area contributed by atoms with E-state index in [1.165, 1.54) is 0 Å². The van der Waals surface area contributed by atoms with E-state index in [9.17, 15) is 19.2 Å². The molecule has 0 unspecified atom stereocenters. The Balaban J connectivity index is 2.59. The average Bonchev–Trinajstić information content (AvgIpc) is 2.43. The first-order valence-corrected chi connectivity index (χ1v) is 5.94. The SMILES string of the molecule is O=C(O)CN(CC(=O)O)C(=O)CNC(=O)c1ccccc1. The Labute approximate surface area is 120 Å². The standard InChI is InChI=1S/C13H14N2O6/c16-10(15(7-11(17)18)8-12(19)20)6-14-13(21)9-4-2-1-3-5-9/h1-5H,6-8H2,(H,14,21)(H,17,18)(H,19,20). The molecule has 0 atom stereocenters. The number of aliphatic carboxylic acids is 2. The van der Waals surface area contributed by atoms with Gasteiger partial charge < -0.3 is 20.4 Å². The molecular formula is C13H14N2O6. The highest BCUT2D eigenvalue weighted by molar-refractivity contribution is 5.97. The second-order valence-corrected chi connectivity index (χ2v) is 4.09. The lowest BCUT2D eigenvalue weighted by atomic mass is 10.2. The predicted molar refractivity (Wildman–Crippen MR) is 70.6 cm³/mol. The number of benzene rings is 1. The smallest absolute Gasteiger partial charge is 0.323 e.